The van der Waals surface area contributed by atoms with Gasteiger partial charge in [-0.25, -0.2) is 4.79 Å². The van der Waals surface area contributed by atoms with Crippen LogP contribution in [0, 0.1) is 6.92 Å². The lowest BCUT2D eigenvalue weighted by Crippen LogP contribution is -2.25. The largest absolute Gasteiger partial charge is 0.461 e. The molecule has 1 aliphatic rings. The molecule has 0 aliphatic carbocycles. The zero-order valence-electron chi connectivity index (χ0n) is 18.3. The first-order chi connectivity index (χ1) is 16.5. The van der Waals surface area contributed by atoms with E-state index in [0.717, 1.165) is 21.6 Å². The van der Waals surface area contributed by atoms with Crippen molar-refractivity contribution in [3.63, 3.8) is 0 Å². The predicted octanol–water partition coefficient (Wildman–Crippen LogP) is 3.91. The topological polar surface area (TPSA) is 109 Å². The quantitative estimate of drug-likeness (QED) is 0.434. The minimum absolute atomic E-state index is 0.00205. The Morgan fingerprint density at radius 3 is 2.79 bits per heavy atom. The van der Waals surface area contributed by atoms with Crippen molar-refractivity contribution >= 4 is 39.0 Å². The molecule has 2 aromatic heterocycles. The number of rotatable bonds is 5. The molecule has 0 fully saturated rings. The Bertz CT molecular complexity index is 1510. The molecule has 34 heavy (non-hydrogen) atoms. The van der Waals surface area contributed by atoms with Gasteiger partial charge < -0.3 is 19.5 Å². The Labute approximate surface area is 197 Å². The predicted molar refractivity (Wildman–Crippen MR) is 126 cm³/mol. The van der Waals surface area contributed by atoms with Crippen molar-refractivity contribution < 1.29 is 23.8 Å². The molecule has 0 saturated heterocycles. The molecule has 1 aliphatic heterocycles. The number of nitrogens with one attached hydrogen (secondary N) is 1. The van der Waals surface area contributed by atoms with Crippen LogP contribution in [0.3, 0.4) is 0 Å². The maximum atomic E-state index is 13.5. The fourth-order valence-electron chi connectivity index (χ4n) is 3.64. The van der Waals surface area contributed by atoms with Crippen LogP contribution >= 0.6 is 11.3 Å². The summed E-state index contributed by atoms with van der Waals surface area (Å²) in [6.45, 7) is 3.83. The summed E-state index contributed by atoms with van der Waals surface area (Å²) >= 11 is 1.13. The number of aromatic nitrogens is 2. The van der Waals surface area contributed by atoms with E-state index in [1.165, 1.54) is 0 Å². The Morgan fingerprint density at radius 2 is 2.00 bits per heavy atom. The molecule has 4 aromatic rings. The number of hydrogen-bond donors (Lipinski definition) is 1. The molecule has 10 heteroatoms. The van der Waals surface area contributed by atoms with Crippen LogP contribution in [0.1, 0.15) is 33.3 Å². The summed E-state index contributed by atoms with van der Waals surface area (Å²) < 4.78 is 17.0. The molecular formula is C24H19N3O6S. The molecule has 0 saturated carbocycles. The molecule has 172 valence electrons. The normalized spacial score (nSPS) is 12.1. The summed E-state index contributed by atoms with van der Waals surface area (Å²) in [5.74, 6) is -0.0537. The Hall–Kier alpha value is -4.18. The lowest BCUT2D eigenvalue weighted by Gasteiger charge is -2.10. The summed E-state index contributed by atoms with van der Waals surface area (Å²) in [6.07, 6.45) is 0. The highest BCUT2D eigenvalue weighted by Gasteiger charge is 2.24. The second kappa shape index (κ2) is 8.64. The van der Waals surface area contributed by atoms with E-state index < -0.39 is 17.4 Å². The Balaban J connectivity index is 1.62. The van der Waals surface area contributed by atoms with Gasteiger partial charge in [0.2, 0.25) is 6.79 Å². The summed E-state index contributed by atoms with van der Waals surface area (Å²) in [7, 11) is 0. The summed E-state index contributed by atoms with van der Waals surface area (Å²) in [5.41, 5.74) is 1.29. The standard InChI is InChI=1S/C24H19N3O6S/c1-3-31-24(30)20-16-11-34-22(25-21(28)14-7-8-17-18(10-14)33-12-32-17)19(16)23(29)27(26-20)15-6-4-5-13(2)9-15/h4-11H,3,12H2,1-2H3,(H,25,28). The summed E-state index contributed by atoms with van der Waals surface area (Å²) in [4.78, 5) is 39.1. The maximum absolute atomic E-state index is 13.5. The molecule has 5 rings (SSSR count). The zero-order valence-corrected chi connectivity index (χ0v) is 19.1. The highest BCUT2D eigenvalue weighted by molar-refractivity contribution is 7.16. The van der Waals surface area contributed by atoms with E-state index in [9.17, 15) is 14.4 Å². The second-order valence-corrected chi connectivity index (χ2v) is 8.38. The van der Waals surface area contributed by atoms with Crippen LogP contribution in [0.4, 0.5) is 5.00 Å². The van der Waals surface area contributed by atoms with Crippen molar-refractivity contribution in [2.75, 3.05) is 18.7 Å². The van der Waals surface area contributed by atoms with E-state index in [1.807, 2.05) is 13.0 Å². The number of carbonyl (C=O) groups is 2. The average Bonchev–Trinajstić information content (AvgIpc) is 3.46. The molecule has 0 spiro atoms. The van der Waals surface area contributed by atoms with E-state index in [1.54, 1.807) is 48.7 Å². The van der Waals surface area contributed by atoms with Gasteiger partial charge in [0.15, 0.2) is 17.2 Å². The fraction of sp³-hybridized carbons (Fsp3) is 0.167. The van der Waals surface area contributed by atoms with Crippen LogP contribution in [0.25, 0.3) is 16.5 Å². The lowest BCUT2D eigenvalue weighted by molar-refractivity contribution is 0.0520. The SMILES string of the molecule is CCOC(=O)c1nn(-c2cccc(C)c2)c(=O)c2c(NC(=O)c3ccc4c(c3)OCO4)scc12. The van der Waals surface area contributed by atoms with Gasteiger partial charge in [0.25, 0.3) is 11.5 Å². The third-order valence-corrected chi connectivity index (χ3v) is 6.12. The van der Waals surface area contributed by atoms with Crippen molar-refractivity contribution in [3.05, 3.63) is 75.0 Å². The molecule has 0 unspecified atom stereocenters. The molecular weight excluding hydrogens is 458 g/mol. The number of esters is 1. The van der Waals surface area contributed by atoms with Gasteiger partial charge >= 0.3 is 5.97 Å². The molecule has 0 bridgehead atoms. The number of fused-ring (bicyclic) bond motifs is 2. The van der Waals surface area contributed by atoms with Crippen LogP contribution in [-0.4, -0.2) is 35.1 Å². The number of hydrogen-bond acceptors (Lipinski definition) is 8. The highest BCUT2D eigenvalue weighted by Crippen LogP contribution is 2.34. The van der Waals surface area contributed by atoms with Gasteiger partial charge in [-0.1, -0.05) is 12.1 Å². The van der Waals surface area contributed by atoms with Crippen molar-refractivity contribution in [2.24, 2.45) is 0 Å². The van der Waals surface area contributed by atoms with Crippen LogP contribution in [-0.2, 0) is 4.74 Å². The number of carbonyl (C=O) groups excluding carboxylic acids is 2. The van der Waals surface area contributed by atoms with E-state index >= 15 is 0 Å². The van der Waals surface area contributed by atoms with Crippen LogP contribution < -0.4 is 20.3 Å². The van der Waals surface area contributed by atoms with Gasteiger partial charge in [0.05, 0.1) is 17.7 Å². The summed E-state index contributed by atoms with van der Waals surface area (Å²) in [5, 5.41) is 9.52. The number of anilines is 1. The minimum Gasteiger partial charge on any atom is -0.461 e. The van der Waals surface area contributed by atoms with Crippen molar-refractivity contribution in [3.8, 4) is 17.2 Å². The molecule has 0 atom stereocenters. The molecule has 1 amide bonds. The first kappa shape index (κ1) is 21.7. The van der Waals surface area contributed by atoms with Gasteiger partial charge in [-0.05, 0) is 49.7 Å². The first-order valence-corrected chi connectivity index (χ1v) is 11.3. The number of thiophene rings is 1. The monoisotopic (exact) mass is 477 g/mol. The van der Waals surface area contributed by atoms with E-state index in [4.69, 9.17) is 14.2 Å². The zero-order chi connectivity index (χ0) is 23.8. The van der Waals surface area contributed by atoms with E-state index in [2.05, 4.69) is 10.4 Å². The molecule has 1 N–H and O–H groups in total. The average molecular weight is 477 g/mol. The first-order valence-electron chi connectivity index (χ1n) is 10.5. The fourth-order valence-corrected chi connectivity index (χ4v) is 4.57. The number of ether oxygens (including phenoxy) is 3. The minimum atomic E-state index is -0.652. The molecule has 0 radical (unpaired) electrons. The molecule has 9 nitrogen and oxygen atoms in total. The van der Waals surface area contributed by atoms with Crippen LogP contribution in [0.15, 0.2) is 52.6 Å². The van der Waals surface area contributed by atoms with Crippen LogP contribution in [0.2, 0.25) is 0 Å². The van der Waals surface area contributed by atoms with Crippen molar-refractivity contribution in [1.29, 1.82) is 0 Å². The van der Waals surface area contributed by atoms with Gasteiger partial charge in [-0.2, -0.15) is 9.78 Å². The van der Waals surface area contributed by atoms with Crippen molar-refractivity contribution in [2.45, 2.75) is 13.8 Å². The van der Waals surface area contributed by atoms with Crippen LogP contribution in [0.5, 0.6) is 11.5 Å². The number of benzene rings is 2. The van der Waals surface area contributed by atoms with Crippen molar-refractivity contribution in [1.82, 2.24) is 9.78 Å². The number of aryl methyl sites for hydroxylation is 1. The smallest absolute Gasteiger partial charge is 0.359 e. The molecule has 3 heterocycles. The van der Waals surface area contributed by atoms with Gasteiger partial charge in [0, 0.05) is 16.3 Å². The van der Waals surface area contributed by atoms with E-state index in [0.29, 0.717) is 33.1 Å². The summed E-state index contributed by atoms with van der Waals surface area (Å²) in [6, 6.07) is 12.0. The van der Waals surface area contributed by atoms with Gasteiger partial charge in [0.1, 0.15) is 5.00 Å². The maximum Gasteiger partial charge on any atom is 0.359 e. The Kier molecular flexibility index (Phi) is 5.50. The highest BCUT2D eigenvalue weighted by atomic mass is 32.1. The Morgan fingerprint density at radius 1 is 1.18 bits per heavy atom. The van der Waals surface area contributed by atoms with Gasteiger partial charge in [-0.3, -0.25) is 9.59 Å². The van der Waals surface area contributed by atoms with E-state index in [-0.39, 0.29) is 24.5 Å². The lowest BCUT2D eigenvalue weighted by atomic mass is 10.1. The third kappa shape index (κ3) is 3.77. The number of amides is 1. The molecule has 2 aromatic carbocycles. The number of nitrogens with zero attached hydrogens (tertiary/aromatic N) is 2. The third-order valence-electron chi connectivity index (χ3n) is 5.23. The second-order valence-electron chi connectivity index (χ2n) is 7.50. The van der Waals surface area contributed by atoms with Gasteiger partial charge in [-0.15, -0.1) is 11.3 Å².